The second-order valence-corrected chi connectivity index (χ2v) is 4.06. The van der Waals surface area contributed by atoms with Gasteiger partial charge in [0.2, 0.25) is 5.91 Å². The van der Waals surface area contributed by atoms with Crippen molar-refractivity contribution in [1.82, 2.24) is 10.2 Å². The van der Waals surface area contributed by atoms with Crippen LogP contribution in [0, 0.1) is 6.92 Å². The van der Waals surface area contributed by atoms with Crippen molar-refractivity contribution in [3.05, 3.63) is 35.4 Å². The van der Waals surface area contributed by atoms with E-state index in [1.807, 2.05) is 38.2 Å². The molecule has 3 nitrogen and oxygen atoms in total. The van der Waals surface area contributed by atoms with Gasteiger partial charge < -0.3 is 10.2 Å². The van der Waals surface area contributed by atoms with Crippen molar-refractivity contribution in [2.24, 2.45) is 0 Å². The lowest BCUT2D eigenvalue weighted by atomic mass is 10.0. The highest BCUT2D eigenvalue weighted by Crippen LogP contribution is 2.18. The van der Waals surface area contributed by atoms with Crippen LogP contribution in [0.5, 0.6) is 0 Å². The highest BCUT2D eigenvalue weighted by molar-refractivity contribution is 5.83. The third-order valence-corrected chi connectivity index (χ3v) is 2.83. The Bertz CT molecular complexity index is 358. The Morgan fingerprint density at radius 3 is 2.67 bits per heavy atom. The molecule has 0 aromatic heterocycles. The van der Waals surface area contributed by atoms with Crippen molar-refractivity contribution in [2.75, 3.05) is 20.1 Å². The molecule has 80 valence electrons. The third kappa shape index (κ3) is 2.02. The molecule has 1 unspecified atom stereocenters. The molecule has 0 radical (unpaired) electrons. The van der Waals surface area contributed by atoms with Gasteiger partial charge in [-0.15, -0.1) is 0 Å². The first kappa shape index (κ1) is 10.2. The number of amides is 1. The van der Waals surface area contributed by atoms with Gasteiger partial charge in [0.1, 0.15) is 6.04 Å². The van der Waals surface area contributed by atoms with Crippen LogP contribution in [-0.2, 0) is 4.79 Å². The Hall–Kier alpha value is -1.35. The average Bonchev–Trinajstić information content (AvgIpc) is 2.24. The molecule has 0 aliphatic carbocycles. The van der Waals surface area contributed by atoms with Gasteiger partial charge in [0.25, 0.3) is 0 Å². The lowest BCUT2D eigenvalue weighted by molar-refractivity contribution is -0.134. The maximum absolute atomic E-state index is 11.9. The average molecular weight is 204 g/mol. The fraction of sp³-hybridized carbons (Fsp3) is 0.417. The molecule has 3 heteroatoms. The lowest BCUT2D eigenvalue weighted by Crippen LogP contribution is -2.48. The Balaban J connectivity index is 2.22. The zero-order valence-corrected chi connectivity index (χ0v) is 9.16. The molecule has 1 aromatic rings. The van der Waals surface area contributed by atoms with Crippen molar-refractivity contribution in [3.8, 4) is 0 Å². The molecule has 15 heavy (non-hydrogen) atoms. The molecule has 1 heterocycles. The van der Waals surface area contributed by atoms with E-state index in [9.17, 15) is 4.79 Å². The zero-order valence-electron chi connectivity index (χ0n) is 9.16. The number of hydrogen-bond acceptors (Lipinski definition) is 2. The molecule has 1 fully saturated rings. The predicted octanol–water partition coefficient (Wildman–Crippen LogP) is 1.10. The summed E-state index contributed by atoms with van der Waals surface area (Å²) in [6, 6.07) is 7.95. The number of carbonyl (C=O) groups excluding carboxylic acids is 1. The molecule has 1 saturated heterocycles. The van der Waals surface area contributed by atoms with E-state index in [0.29, 0.717) is 0 Å². The van der Waals surface area contributed by atoms with Gasteiger partial charge in [-0.25, -0.2) is 0 Å². The van der Waals surface area contributed by atoms with Crippen LogP contribution < -0.4 is 5.32 Å². The van der Waals surface area contributed by atoms with Crippen LogP contribution in [0.1, 0.15) is 17.2 Å². The van der Waals surface area contributed by atoms with Gasteiger partial charge in [-0.05, 0) is 12.5 Å². The maximum atomic E-state index is 11.9. The van der Waals surface area contributed by atoms with Gasteiger partial charge in [0.05, 0.1) is 0 Å². The summed E-state index contributed by atoms with van der Waals surface area (Å²) < 4.78 is 0. The van der Waals surface area contributed by atoms with Gasteiger partial charge in [-0.1, -0.05) is 29.8 Å². The van der Waals surface area contributed by atoms with Crippen molar-refractivity contribution in [3.63, 3.8) is 0 Å². The third-order valence-electron chi connectivity index (χ3n) is 2.83. The first-order valence-electron chi connectivity index (χ1n) is 5.23. The van der Waals surface area contributed by atoms with Crippen molar-refractivity contribution < 1.29 is 4.79 Å². The number of nitrogens with one attached hydrogen (secondary N) is 1. The van der Waals surface area contributed by atoms with Crippen LogP contribution in [0.3, 0.4) is 0 Å². The Morgan fingerprint density at radius 1 is 1.33 bits per heavy atom. The zero-order chi connectivity index (χ0) is 10.8. The van der Waals surface area contributed by atoms with Crippen LogP contribution in [0.2, 0.25) is 0 Å². The fourth-order valence-electron chi connectivity index (χ4n) is 1.81. The molecular formula is C12H16N2O. The number of nitrogens with zero attached hydrogens (tertiary/aromatic N) is 1. The van der Waals surface area contributed by atoms with E-state index in [1.54, 1.807) is 4.90 Å². The largest absolute Gasteiger partial charge is 0.343 e. The molecular weight excluding hydrogens is 188 g/mol. The van der Waals surface area contributed by atoms with E-state index in [4.69, 9.17) is 0 Å². The molecule has 0 spiro atoms. The summed E-state index contributed by atoms with van der Waals surface area (Å²) in [5, 5.41) is 3.24. The van der Waals surface area contributed by atoms with Gasteiger partial charge in [-0.2, -0.15) is 0 Å². The normalized spacial score (nSPS) is 21.9. The summed E-state index contributed by atoms with van der Waals surface area (Å²) >= 11 is 0. The van der Waals surface area contributed by atoms with Gasteiger partial charge in [0.15, 0.2) is 0 Å². The first-order valence-corrected chi connectivity index (χ1v) is 5.23. The predicted molar refractivity (Wildman–Crippen MR) is 59.6 cm³/mol. The Labute approximate surface area is 90.1 Å². The molecule has 1 atom stereocenters. The Morgan fingerprint density at radius 2 is 2.00 bits per heavy atom. The summed E-state index contributed by atoms with van der Waals surface area (Å²) in [5.41, 5.74) is 2.27. The topological polar surface area (TPSA) is 32.3 Å². The van der Waals surface area contributed by atoms with E-state index < -0.39 is 0 Å². The smallest absolute Gasteiger partial charge is 0.244 e. The maximum Gasteiger partial charge on any atom is 0.244 e. The van der Waals surface area contributed by atoms with Gasteiger partial charge >= 0.3 is 0 Å². The second-order valence-electron chi connectivity index (χ2n) is 4.06. The molecule has 1 amide bonds. The van der Waals surface area contributed by atoms with E-state index in [0.717, 1.165) is 18.7 Å². The van der Waals surface area contributed by atoms with Gasteiger partial charge in [0, 0.05) is 20.1 Å². The minimum Gasteiger partial charge on any atom is -0.343 e. The summed E-state index contributed by atoms with van der Waals surface area (Å²) in [6.07, 6.45) is 0. The molecule has 0 bridgehead atoms. The number of likely N-dealkylation sites (N-methyl/N-ethyl adjacent to an activating group) is 1. The van der Waals surface area contributed by atoms with E-state index in [1.165, 1.54) is 5.56 Å². The van der Waals surface area contributed by atoms with Crippen molar-refractivity contribution >= 4 is 5.91 Å². The molecule has 1 aliphatic heterocycles. The summed E-state index contributed by atoms with van der Waals surface area (Å²) in [6.45, 7) is 3.70. The van der Waals surface area contributed by atoms with E-state index in [2.05, 4.69) is 5.32 Å². The fourth-order valence-corrected chi connectivity index (χ4v) is 1.81. The monoisotopic (exact) mass is 204 g/mol. The molecule has 2 rings (SSSR count). The van der Waals surface area contributed by atoms with E-state index >= 15 is 0 Å². The van der Waals surface area contributed by atoms with Crippen LogP contribution >= 0.6 is 0 Å². The number of rotatable bonds is 1. The second kappa shape index (κ2) is 4.03. The van der Waals surface area contributed by atoms with Crippen LogP contribution in [0.4, 0.5) is 0 Å². The van der Waals surface area contributed by atoms with E-state index in [-0.39, 0.29) is 11.9 Å². The van der Waals surface area contributed by atoms with Crippen LogP contribution in [0.25, 0.3) is 0 Å². The minimum atomic E-state index is -0.163. The number of benzene rings is 1. The molecule has 1 N–H and O–H groups in total. The number of hydrogen-bond donors (Lipinski definition) is 1. The standard InChI is InChI=1S/C12H16N2O/c1-9-3-5-10(6-4-9)11-12(15)14(2)8-7-13-11/h3-6,11,13H,7-8H2,1-2H3. The summed E-state index contributed by atoms with van der Waals surface area (Å²) in [5.74, 6) is 0.158. The summed E-state index contributed by atoms with van der Waals surface area (Å²) in [4.78, 5) is 13.7. The summed E-state index contributed by atoms with van der Waals surface area (Å²) in [7, 11) is 1.85. The highest BCUT2D eigenvalue weighted by Gasteiger charge is 2.26. The highest BCUT2D eigenvalue weighted by atomic mass is 16.2. The van der Waals surface area contributed by atoms with Crippen molar-refractivity contribution in [2.45, 2.75) is 13.0 Å². The molecule has 1 aromatic carbocycles. The SMILES string of the molecule is Cc1ccc(C2NCCN(C)C2=O)cc1. The van der Waals surface area contributed by atoms with Crippen LogP contribution in [0.15, 0.2) is 24.3 Å². The lowest BCUT2D eigenvalue weighted by Gasteiger charge is -2.30. The minimum absolute atomic E-state index is 0.158. The number of carbonyl (C=O) groups is 1. The molecule has 0 saturated carbocycles. The molecule has 1 aliphatic rings. The first-order chi connectivity index (χ1) is 7.18. The number of aryl methyl sites for hydroxylation is 1. The van der Waals surface area contributed by atoms with Crippen LogP contribution in [-0.4, -0.2) is 30.9 Å². The quantitative estimate of drug-likeness (QED) is 0.743. The number of piperazine rings is 1. The Kier molecular flexibility index (Phi) is 2.73. The van der Waals surface area contributed by atoms with Gasteiger partial charge in [-0.3, -0.25) is 4.79 Å². The van der Waals surface area contributed by atoms with Crippen molar-refractivity contribution in [1.29, 1.82) is 0 Å².